The van der Waals surface area contributed by atoms with Crippen LogP contribution in [0.3, 0.4) is 0 Å². The van der Waals surface area contributed by atoms with Crippen molar-refractivity contribution in [1.82, 2.24) is 0 Å². The lowest BCUT2D eigenvalue weighted by atomic mass is 9.99. The fraction of sp³-hybridized carbons (Fsp3) is 1.00. The van der Waals surface area contributed by atoms with E-state index in [2.05, 4.69) is 42.6 Å². The van der Waals surface area contributed by atoms with Gasteiger partial charge in [0.05, 0.1) is 6.61 Å². The standard InChI is InChI=1S/C11H20O35S8.8Al/c12-47(13,14)36-1-3-4(41-49(18,19)20)5(42-50(21,22)23)6(43-51(24,25)26)9(38-3)39-11(2-37-48(15,16)17)8(45-53(30,31)32)7(44-52(27,28)29)10(40-11)46-54(33,34)35;;;;;;;;/h3-10H,1-2H2,(H,12,13,14)(H,15,16,17)(H,18,19,20)(H,21,22,23)(H,24,25,26)(H,27,28,29)(H,30,31,32)(H,33,34,35);;;;;;;;/q;8*+1/p-8/t3-,4-,5+,6-,7+,8+,9+,10-,11-;;;;;;;;/m1......../s1. The van der Waals surface area contributed by atoms with Crippen LogP contribution >= 0.6 is 0 Å². The number of hydrogen-bond acceptors (Lipinski definition) is 35. The summed E-state index contributed by atoms with van der Waals surface area (Å²) in [6.07, 6.45) is -24.5. The molecule has 2 heterocycles. The van der Waals surface area contributed by atoms with Gasteiger partial charge in [0.15, 0.2) is 24.6 Å². The first-order chi connectivity index (χ1) is 28.2. The van der Waals surface area contributed by atoms with E-state index in [9.17, 15) is 67.3 Å². The molecule has 35 nitrogen and oxygen atoms in total. The molecule has 62 heavy (non-hydrogen) atoms. The highest BCUT2D eigenvalue weighted by molar-refractivity contribution is 7.84. The fourth-order valence-corrected chi connectivity index (χ4v) is 9.15. The molecule has 9 atom stereocenters. The zero-order chi connectivity index (χ0) is 48.0. The maximum atomic E-state index is 12.8. The Labute approximate surface area is 420 Å². The molecule has 51 heteroatoms. The second-order valence-corrected chi connectivity index (χ2v) is 24.2. The summed E-state index contributed by atoms with van der Waals surface area (Å²) in [5, 5.41) is 0. The summed E-state index contributed by atoms with van der Waals surface area (Å²) in [6, 6.07) is 0. The molecule has 0 amide bonds. The molecule has 2 rings (SSSR count). The zero-order valence-electron chi connectivity index (χ0n) is 28.7. The van der Waals surface area contributed by atoms with Crippen molar-refractivity contribution in [3.05, 3.63) is 0 Å². The Kier molecular flexibility index (Phi) is 24.2. The van der Waals surface area contributed by atoms with Crippen LogP contribution < -0.4 is 0 Å². The quantitative estimate of drug-likeness (QED) is 0.0656. The third-order valence-corrected chi connectivity index (χ3v) is 17.4. The normalized spacial score (nSPS) is 28.5. The first kappa shape index (κ1) is 61.2. The molecule has 0 aromatic rings. The molecule has 2 saturated heterocycles. The van der Waals surface area contributed by atoms with Crippen molar-refractivity contribution in [3.63, 3.8) is 0 Å². The van der Waals surface area contributed by atoms with Crippen LogP contribution in [0.4, 0.5) is 0 Å². The monoisotopic (exact) mass is 1180 g/mol. The topological polar surface area (TPSA) is 448 Å². The van der Waals surface area contributed by atoms with E-state index >= 15 is 0 Å². The molecule has 0 spiro atoms. The van der Waals surface area contributed by atoms with Crippen molar-refractivity contribution >= 4 is 216 Å². The molecule has 0 aromatic heterocycles. The van der Waals surface area contributed by atoms with Gasteiger partial charge in [0.25, 0.3) is 0 Å². The van der Waals surface area contributed by atoms with Gasteiger partial charge in [-0.05, 0) is 0 Å². The molecular weight excluding hydrogens is 1160 g/mol. The maximum absolute atomic E-state index is 12.8. The van der Waals surface area contributed by atoms with Crippen LogP contribution in [-0.4, -0.2) is 269 Å². The van der Waals surface area contributed by atoms with Crippen molar-refractivity contribution in [1.29, 1.82) is 0 Å². The summed E-state index contributed by atoms with van der Waals surface area (Å²) in [5.41, 5.74) is 0. The minimum absolute atomic E-state index is 1.10. The van der Waals surface area contributed by atoms with Gasteiger partial charge >= 0.3 is 216 Å². The molecule has 2 aliphatic rings. The van der Waals surface area contributed by atoms with Crippen molar-refractivity contribution in [2.75, 3.05) is 13.2 Å². The number of hydrogen-bond donors (Lipinski definition) is 0. The molecule has 0 saturated carbocycles. The third-order valence-electron chi connectivity index (χ3n) is 6.30. The van der Waals surface area contributed by atoms with Gasteiger partial charge in [0.2, 0.25) is 12.1 Å². The molecule has 0 aliphatic carbocycles. The summed E-state index contributed by atoms with van der Waals surface area (Å²) in [6.45, 7) is -3.80. The second kappa shape index (κ2) is 24.5. The van der Waals surface area contributed by atoms with Gasteiger partial charge in [-0.15, -0.1) is 0 Å². The highest BCUT2D eigenvalue weighted by atomic mass is 32.3. The van der Waals surface area contributed by atoms with Gasteiger partial charge in [-0.2, -0.15) is 67.3 Å². The van der Waals surface area contributed by atoms with Gasteiger partial charge in [0.1, 0.15) is 24.9 Å². The van der Waals surface area contributed by atoms with Crippen LogP contribution in [-0.2, 0) is 157 Å². The Bertz CT molecular complexity index is 2430. The summed E-state index contributed by atoms with van der Waals surface area (Å²) in [7, 11) is -44.3. The van der Waals surface area contributed by atoms with Crippen molar-refractivity contribution in [2.24, 2.45) is 0 Å². The van der Waals surface area contributed by atoms with E-state index in [0.29, 0.717) is 0 Å². The average molecular weight is 1180 g/mol. The van der Waals surface area contributed by atoms with E-state index in [1.54, 1.807) is 0 Å². The summed E-state index contributed by atoms with van der Waals surface area (Å²) >= 11 is 9.02. The van der Waals surface area contributed by atoms with E-state index in [-0.39, 0.29) is 0 Å². The molecule has 0 aromatic carbocycles. The van der Waals surface area contributed by atoms with Crippen molar-refractivity contribution < 1.29 is 141 Å². The third kappa shape index (κ3) is 18.7. The van der Waals surface area contributed by atoms with E-state index in [0.717, 1.165) is 116 Å². The van der Waals surface area contributed by atoms with Crippen LogP contribution in [0.2, 0.25) is 0 Å². The maximum Gasteiger partial charge on any atom is 0.408 e. The molecule has 0 unspecified atom stereocenters. The minimum Gasteiger partial charge on any atom is -0.402 e. The van der Waals surface area contributed by atoms with Crippen LogP contribution in [0.5, 0.6) is 0 Å². The minimum atomic E-state index is -5.71. The number of ether oxygens (including phenoxy) is 3. The van der Waals surface area contributed by atoms with Gasteiger partial charge in [0, 0.05) is 0 Å². The second-order valence-electron chi connectivity index (χ2n) is 9.90. The highest BCUT2D eigenvalue weighted by Crippen LogP contribution is 2.44. The molecule has 2 aliphatic heterocycles. The molecule has 2 fully saturated rings. The molecule has 16 radical (unpaired) electrons. The Morgan fingerprint density at radius 2 is 0.742 bits per heavy atom. The van der Waals surface area contributed by atoms with E-state index in [1.807, 2.05) is 0 Å². The van der Waals surface area contributed by atoms with E-state index < -0.39 is 151 Å². The molecular formula is C11H12Al8O35S8. The Morgan fingerprint density at radius 1 is 0.387 bits per heavy atom. The zero-order valence-corrected chi connectivity index (χ0v) is 44.5. The molecule has 0 N–H and O–H groups in total. The first-order valence-corrected chi connectivity index (χ1v) is 28.0. The Balaban J connectivity index is 3.24. The predicted molar refractivity (Wildman–Crippen MR) is 181 cm³/mol. The van der Waals surface area contributed by atoms with Crippen LogP contribution in [0.1, 0.15) is 0 Å². The van der Waals surface area contributed by atoms with Gasteiger partial charge in [-0.3, -0.25) is 0 Å². The summed E-state index contributed by atoms with van der Waals surface area (Å²) in [5.74, 6) is -3.93. The largest absolute Gasteiger partial charge is 0.408 e. The predicted octanol–water partition coefficient (Wildman–Crippen LogP) is -10.5. The lowest BCUT2D eigenvalue weighted by molar-refractivity contribution is -0.379. The van der Waals surface area contributed by atoms with E-state index in [1.165, 1.54) is 16.6 Å². The van der Waals surface area contributed by atoms with Gasteiger partial charge in [-0.25, -0.2) is 33.5 Å². The van der Waals surface area contributed by atoms with Crippen LogP contribution in [0.15, 0.2) is 0 Å². The van der Waals surface area contributed by atoms with Gasteiger partial charge < -0.3 is 40.1 Å². The van der Waals surface area contributed by atoms with Crippen molar-refractivity contribution in [2.45, 2.75) is 55.0 Å². The SMILES string of the molecule is O=S(=O)([O][Al])OC[C@H]1O[C@@H](O[C@]2(COS(=O)(=O)[O][Al])O[C@H](OS(=O)(=O)[O][Al])[C@@H](OS(=O)(=O)[O][Al])[C@@H]2OS(=O)(=O)[O][Al])[C@H](OS(=O)(=O)[O][Al])[C@@H](OS(=O)(=O)[O][Al])[C@@H]1OS(=O)(=O)[O][Al]. The molecule has 338 valence electrons. The fourth-order valence-electron chi connectivity index (χ4n) is 4.18. The lowest BCUT2D eigenvalue weighted by Crippen LogP contribution is -2.66. The lowest BCUT2D eigenvalue weighted by Gasteiger charge is -2.46. The summed E-state index contributed by atoms with van der Waals surface area (Å²) in [4.78, 5) is 0. The van der Waals surface area contributed by atoms with Crippen LogP contribution in [0, 0.1) is 0 Å². The van der Waals surface area contributed by atoms with Gasteiger partial charge in [-0.1, -0.05) is 0 Å². The van der Waals surface area contributed by atoms with E-state index in [4.69, 9.17) is 30.9 Å². The first-order valence-electron chi connectivity index (χ1n) is 13.6. The van der Waals surface area contributed by atoms with Crippen molar-refractivity contribution in [3.8, 4) is 0 Å². The average Bonchev–Trinajstić information content (AvgIpc) is 3.44. The highest BCUT2D eigenvalue weighted by Gasteiger charge is 2.66. The summed E-state index contributed by atoms with van der Waals surface area (Å²) < 4.78 is 287. The molecule has 0 bridgehead atoms. The Hall–Kier alpha value is 3.10. The van der Waals surface area contributed by atoms with Crippen LogP contribution in [0.25, 0.3) is 0 Å². The number of rotatable bonds is 28. The Morgan fingerprint density at radius 3 is 1.18 bits per heavy atom. The smallest absolute Gasteiger partial charge is 0.402 e.